The van der Waals surface area contributed by atoms with Gasteiger partial charge in [0.1, 0.15) is 6.04 Å². The van der Waals surface area contributed by atoms with Crippen LogP contribution in [0.4, 0.5) is 0 Å². The van der Waals surface area contributed by atoms with Crippen molar-refractivity contribution in [1.82, 2.24) is 10.9 Å². The smallest absolute Gasteiger partial charge is 0.293 e. The van der Waals surface area contributed by atoms with E-state index in [9.17, 15) is 9.59 Å². The molecule has 5 nitrogen and oxygen atoms in total. The van der Waals surface area contributed by atoms with Crippen LogP contribution in [-0.4, -0.2) is 24.9 Å². The van der Waals surface area contributed by atoms with Crippen molar-refractivity contribution in [3.63, 3.8) is 0 Å². The van der Waals surface area contributed by atoms with Crippen LogP contribution in [0, 0.1) is 0 Å². The molecule has 2 aromatic rings. The quantitative estimate of drug-likeness (QED) is 0.674. The molecule has 7 heteroatoms. The van der Waals surface area contributed by atoms with E-state index in [2.05, 4.69) is 38.2 Å². The molecule has 1 unspecified atom stereocenters. The molecule has 126 valence electrons. The summed E-state index contributed by atoms with van der Waals surface area (Å²) in [7, 11) is 0. The number of likely N-dealkylation sites (tertiary alicyclic amines) is 1. The van der Waals surface area contributed by atoms with E-state index in [0.29, 0.717) is 22.6 Å². The molecule has 2 heterocycles. The highest BCUT2D eigenvalue weighted by molar-refractivity contribution is 9.10. The van der Waals surface area contributed by atoms with Gasteiger partial charge in [-0.15, -0.1) is 11.3 Å². The summed E-state index contributed by atoms with van der Waals surface area (Å²) < 4.78 is 0.694. The Bertz CT molecular complexity index is 720. The lowest BCUT2D eigenvalue weighted by Crippen LogP contribution is -3.11. The normalized spacial score (nSPS) is 19.9. The molecule has 0 bridgehead atoms. The van der Waals surface area contributed by atoms with Gasteiger partial charge in [0.2, 0.25) is 0 Å². The lowest BCUT2D eigenvalue weighted by Gasteiger charge is -2.20. The first-order valence-corrected chi connectivity index (χ1v) is 9.54. The number of amides is 2. The Hall–Kier alpha value is -1.70. The number of benzene rings is 1. The number of thiophene rings is 1. The number of hydrogen-bond acceptors (Lipinski definition) is 3. The molecule has 1 aromatic heterocycles. The third-order valence-corrected chi connectivity index (χ3v) is 5.87. The molecule has 1 fully saturated rings. The Morgan fingerprint density at radius 2 is 2.04 bits per heavy atom. The molecule has 0 spiro atoms. The molecule has 2 atom stereocenters. The van der Waals surface area contributed by atoms with E-state index in [1.165, 1.54) is 9.78 Å². The van der Waals surface area contributed by atoms with Gasteiger partial charge in [-0.1, -0.05) is 18.2 Å². The first-order valence-electron chi connectivity index (χ1n) is 7.87. The number of hydrogen-bond donors (Lipinski definition) is 3. The second-order valence-corrected chi connectivity index (χ2v) is 7.61. The molecule has 3 N–H and O–H groups in total. The Morgan fingerprint density at radius 1 is 1.21 bits per heavy atom. The highest BCUT2D eigenvalue weighted by Crippen LogP contribution is 2.23. The van der Waals surface area contributed by atoms with Gasteiger partial charge < -0.3 is 4.90 Å². The van der Waals surface area contributed by atoms with Crippen molar-refractivity contribution >= 4 is 39.1 Å². The van der Waals surface area contributed by atoms with Crippen LogP contribution in [0.2, 0.25) is 0 Å². The van der Waals surface area contributed by atoms with Crippen molar-refractivity contribution < 1.29 is 14.5 Å². The highest BCUT2D eigenvalue weighted by Gasteiger charge is 2.32. The number of carbonyl (C=O) groups excluding carboxylic acids is 2. The second-order valence-electron chi connectivity index (χ2n) is 5.78. The summed E-state index contributed by atoms with van der Waals surface area (Å²) in [5.74, 6) is -0.504. The van der Waals surface area contributed by atoms with Crippen LogP contribution in [0.25, 0.3) is 0 Å². The number of halogens is 1. The van der Waals surface area contributed by atoms with Gasteiger partial charge in [0.25, 0.3) is 11.8 Å². The molecule has 1 aliphatic heterocycles. The third kappa shape index (κ3) is 4.03. The number of carbonyl (C=O) groups is 2. The first-order chi connectivity index (χ1) is 11.6. The van der Waals surface area contributed by atoms with Gasteiger partial charge in [-0.2, -0.15) is 0 Å². The third-order valence-electron chi connectivity index (χ3n) is 4.19. The largest absolute Gasteiger partial charge is 0.320 e. The standard InChI is InChI=1S/C17H18BrN3O2S/c18-13-6-2-1-5-12(13)17(23)20-19-16(22)11-21-9-3-7-14(21)15-8-4-10-24-15/h1-2,4-6,8,10,14H,3,7,9,11H2,(H,19,22)(H,20,23)/p+1/t14-/m1/s1. The Kier molecular flexibility index (Phi) is 5.65. The van der Waals surface area contributed by atoms with Crippen LogP contribution in [0.15, 0.2) is 46.3 Å². The Balaban J connectivity index is 1.52. The van der Waals surface area contributed by atoms with Crippen LogP contribution < -0.4 is 15.8 Å². The molecule has 24 heavy (non-hydrogen) atoms. The predicted molar refractivity (Wildman–Crippen MR) is 96.7 cm³/mol. The number of hydrazine groups is 1. The zero-order valence-corrected chi connectivity index (χ0v) is 15.5. The van der Waals surface area contributed by atoms with Crippen LogP contribution >= 0.6 is 27.3 Å². The highest BCUT2D eigenvalue weighted by atomic mass is 79.9. The molecular weight excluding hydrogens is 390 g/mol. The molecule has 3 rings (SSSR count). The fourth-order valence-corrected chi connectivity index (χ4v) is 4.43. The van der Waals surface area contributed by atoms with E-state index in [0.717, 1.165) is 19.4 Å². The van der Waals surface area contributed by atoms with Gasteiger partial charge in [0.05, 0.1) is 17.0 Å². The minimum Gasteiger partial charge on any atom is -0.320 e. The van der Waals surface area contributed by atoms with E-state index in [-0.39, 0.29) is 11.8 Å². The predicted octanol–water partition coefficient (Wildman–Crippen LogP) is 1.69. The Labute approximate surface area is 153 Å². The fraction of sp³-hybridized carbons (Fsp3) is 0.294. The van der Waals surface area contributed by atoms with Gasteiger partial charge >= 0.3 is 0 Å². The molecule has 0 radical (unpaired) electrons. The van der Waals surface area contributed by atoms with E-state index >= 15 is 0 Å². The topological polar surface area (TPSA) is 62.6 Å². The van der Waals surface area contributed by atoms with Gasteiger partial charge in [-0.3, -0.25) is 20.4 Å². The van der Waals surface area contributed by atoms with Crippen molar-refractivity contribution in [3.8, 4) is 0 Å². The molecule has 1 aliphatic rings. The van der Waals surface area contributed by atoms with Crippen molar-refractivity contribution in [2.45, 2.75) is 18.9 Å². The van der Waals surface area contributed by atoms with E-state index in [1.807, 2.05) is 12.1 Å². The molecule has 1 saturated heterocycles. The van der Waals surface area contributed by atoms with Crippen LogP contribution in [-0.2, 0) is 4.79 Å². The van der Waals surface area contributed by atoms with Crippen LogP contribution in [0.1, 0.15) is 34.1 Å². The Morgan fingerprint density at radius 3 is 2.79 bits per heavy atom. The van der Waals surface area contributed by atoms with Gasteiger partial charge in [-0.25, -0.2) is 0 Å². The van der Waals surface area contributed by atoms with E-state index < -0.39 is 0 Å². The average Bonchev–Trinajstić information content (AvgIpc) is 3.24. The zero-order valence-electron chi connectivity index (χ0n) is 13.0. The lowest BCUT2D eigenvalue weighted by atomic mass is 10.2. The minimum absolute atomic E-state index is 0.172. The zero-order chi connectivity index (χ0) is 16.9. The molecule has 0 aliphatic carbocycles. The summed E-state index contributed by atoms with van der Waals surface area (Å²) in [5.41, 5.74) is 5.50. The van der Waals surface area contributed by atoms with Crippen LogP contribution in [0.5, 0.6) is 0 Å². The summed E-state index contributed by atoms with van der Waals surface area (Å²) in [4.78, 5) is 26.9. The van der Waals surface area contributed by atoms with Crippen LogP contribution in [0.3, 0.4) is 0 Å². The molecule has 2 amide bonds. The van der Waals surface area contributed by atoms with Crippen molar-refractivity contribution in [2.24, 2.45) is 0 Å². The SMILES string of the molecule is O=C(C[NH+]1CCC[C@@H]1c1cccs1)NNC(=O)c1ccccc1Br. The maximum absolute atomic E-state index is 12.2. The summed E-state index contributed by atoms with van der Waals surface area (Å²) >= 11 is 5.07. The monoisotopic (exact) mass is 408 g/mol. The number of rotatable bonds is 4. The molecular formula is C17H19BrN3O2S+. The first kappa shape index (κ1) is 17.1. The van der Waals surface area contributed by atoms with E-state index in [1.54, 1.807) is 29.5 Å². The van der Waals surface area contributed by atoms with Crippen molar-refractivity contribution in [1.29, 1.82) is 0 Å². The van der Waals surface area contributed by atoms with Gasteiger partial charge in [0, 0.05) is 17.3 Å². The molecule has 1 aromatic carbocycles. The average molecular weight is 409 g/mol. The van der Waals surface area contributed by atoms with Gasteiger partial charge in [-0.05, 0) is 39.5 Å². The fourth-order valence-electron chi connectivity index (χ4n) is 3.05. The van der Waals surface area contributed by atoms with Crippen molar-refractivity contribution in [3.05, 3.63) is 56.7 Å². The minimum atomic E-state index is -0.331. The summed E-state index contributed by atoms with van der Waals surface area (Å²) in [6, 6.07) is 11.7. The lowest BCUT2D eigenvalue weighted by molar-refractivity contribution is -0.910. The summed E-state index contributed by atoms with van der Waals surface area (Å²) in [6.45, 7) is 1.34. The maximum atomic E-state index is 12.2. The number of quaternary nitrogens is 1. The summed E-state index contributed by atoms with van der Waals surface area (Å²) in [6.07, 6.45) is 2.22. The maximum Gasteiger partial charge on any atom is 0.293 e. The van der Waals surface area contributed by atoms with Crippen molar-refractivity contribution in [2.75, 3.05) is 13.1 Å². The number of nitrogens with one attached hydrogen (secondary N) is 3. The van der Waals surface area contributed by atoms with Gasteiger partial charge in [0.15, 0.2) is 6.54 Å². The second kappa shape index (κ2) is 7.92. The summed E-state index contributed by atoms with van der Waals surface area (Å²) in [5, 5.41) is 2.07. The van der Waals surface area contributed by atoms with E-state index in [4.69, 9.17) is 0 Å². The molecule has 0 saturated carbocycles.